The lowest BCUT2D eigenvalue weighted by Crippen LogP contribution is -2.46. The van der Waals surface area contributed by atoms with Gasteiger partial charge in [-0.1, -0.05) is 11.6 Å². The van der Waals surface area contributed by atoms with Crippen molar-refractivity contribution in [2.45, 2.75) is 57.3 Å². The third-order valence-corrected chi connectivity index (χ3v) is 6.66. The van der Waals surface area contributed by atoms with E-state index in [2.05, 4.69) is 24.9 Å². The van der Waals surface area contributed by atoms with Crippen molar-refractivity contribution in [1.82, 2.24) is 20.0 Å². The first-order chi connectivity index (χ1) is 14.3. The minimum atomic E-state index is 0.0486. The van der Waals surface area contributed by atoms with Gasteiger partial charge in [-0.25, -0.2) is 4.98 Å². The van der Waals surface area contributed by atoms with Gasteiger partial charge in [-0.05, 0) is 57.1 Å². The molecule has 0 radical (unpaired) electrons. The predicted molar refractivity (Wildman–Crippen MR) is 109 cm³/mol. The number of amides is 1. The Balaban J connectivity index is 1.35. The number of nitrogens with zero attached hydrogens (tertiary/aromatic N) is 5. The summed E-state index contributed by atoms with van der Waals surface area (Å²) in [6, 6.07) is 3.92. The smallest absolute Gasteiger partial charge is 0.230 e. The van der Waals surface area contributed by atoms with Crippen LogP contribution >= 0.6 is 0 Å². The van der Waals surface area contributed by atoms with Crippen LogP contribution in [0.3, 0.4) is 0 Å². The standard InChI is InChI=1S/C22H29N5O2/c28-22(26-12-2-1-3-13-26)17-9-6-14-27(15-17)20-18(10-5-11-23-20)19-24-21(29-25-19)16-7-4-8-16/h5,10-11,16-17H,1-4,6-9,12-15H2/t17-/m1/s1. The number of rotatable bonds is 4. The second-order valence-electron chi connectivity index (χ2n) is 8.63. The minimum Gasteiger partial charge on any atom is -0.355 e. The number of anilines is 1. The molecule has 1 aliphatic carbocycles. The van der Waals surface area contributed by atoms with Gasteiger partial charge in [0.15, 0.2) is 0 Å². The largest absolute Gasteiger partial charge is 0.355 e. The number of pyridine rings is 1. The number of piperidine rings is 2. The minimum absolute atomic E-state index is 0.0486. The van der Waals surface area contributed by atoms with E-state index in [9.17, 15) is 4.79 Å². The molecule has 0 N–H and O–H groups in total. The number of hydrogen-bond acceptors (Lipinski definition) is 6. The van der Waals surface area contributed by atoms with Crippen molar-refractivity contribution in [2.24, 2.45) is 5.92 Å². The first-order valence-electron chi connectivity index (χ1n) is 11.1. The molecule has 0 spiro atoms. The van der Waals surface area contributed by atoms with Crippen molar-refractivity contribution in [1.29, 1.82) is 0 Å². The number of likely N-dealkylation sites (tertiary alicyclic amines) is 1. The molecule has 7 nitrogen and oxygen atoms in total. The Morgan fingerprint density at radius 3 is 2.69 bits per heavy atom. The topological polar surface area (TPSA) is 75.4 Å². The molecule has 154 valence electrons. The van der Waals surface area contributed by atoms with E-state index >= 15 is 0 Å². The van der Waals surface area contributed by atoms with Crippen molar-refractivity contribution >= 4 is 11.7 Å². The van der Waals surface area contributed by atoms with Gasteiger partial charge in [-0.2, -0.15) is 4.98 Å². The second kappa shape index (κ2) is 8.13. The van der Waals surface area contributed by atoms with Crippen LogP contribution in [0, 0.1) is 5.92 Å². The van der Waals surface area contributed by atoms with Gasteiger partial charge in [0.2, 0.25) is 17.6 Å². The summed E-state index contributed by atoms with van der Waals surface area (Å²) in [5.41, 5.74) is 0.896. The van der Waals surface area contributed by atoms with E-state index in [1.54, 1.807) is 0 Å². The van der Waals surface area contributed by atoms with E-state index in [1.165, 1.54) is 12.8 Å². The highest BCUT2D eigenvalue weighted by atomic mass is 16.5. The van der Waals surface area contributed by atoms with Crippen molar-refractivity contribution < 1.29 is 9.32 Å². The van der Waals surface area contributed by atoms with Gasteiger partial charge >= 0.3 is 0 Å². The maximum absolute atomic E-state index is 13.0. The molecule has 0 bridgehead atoms. The Morgan fingerprint density at radius 1 is 1.03 bits per heavy atom. The molecule has 3 fully saturated rings. The zero-order chi connectivity index (χ0) is 19.6. The highest BCUT2D eigenvalue weighted by Crippen LogP contribution is 2.37. The fourth-order valence-corrected chi connectivity index (χ4v) is 4.73. The summed E-state index contributed by atoms with van der Waals surface area (Å²) in [7, 11) is 0. The van der Waals surface area contributed by atoms with E-state index in [0.29, 0.717) is 24.2 Å². The molecule has 7 heteroatoms. The number of hydrogen-bond donors (Lipinski definition) is 0. The lowest BCUT2D eigenvalue weighted by atomic mass is 9.85. The summed E-state index contributed by atoms with van der Waals surface area (Å²) in [5.74, 6) is 3.01. The first-order valence-corrected chi connectivity index (χ1v) is 11.1. The van der Waals surface area contributed by atoms with Crippen LogP contribution in [0.25, 0.3) is 11.4 Å². The Hall–Kier alpha value is -2.44. The summed E-state index contributed by atoms with van der Waals surface area (Å²) in [5, 5.41) is 4.24. The highest BCUT2D eigenvalue weighted by Gasteiger charge is 2.32. The molecule has 1 atom stereocenters. The monoisotopic (exact) mass is 395 g/mol. The molecule has 1 saturated carbocycles. The summed E-state index contributed by atoms with van der Waals surface area (Å²) >= 11 is 0. The summed E-state index contributed by atoms with van der Waals surface area (Å²) in [4.78, 5) is 26.7. The van der Waals surface area contributed by atoms with Crippen LogP contribution in [-0.2, 0) is 4.79 Å². The highest BCUT2D eigenvalue weighted by molar-refractivity contribution is 5.80. The third-order valence-electron chi connectivity index (χ3n) is 6.66. The molecule has 2 saturated heterocycles. The zero-order valence-electron chi connectivity index (χ0n) is 16.9. The molecule has 0 unspecified atom stereocenters. The SMILES string of the molecule is O=C([C@@H]1CCCN(c2ncccc2-c2noc(C3CCC3)n2)C1)N1CCCCC1. The van der Waals surface area contributed by atoms with Crippen LogP contribution < -0.4 is 4.90 Å². The average Bonchev–Trinajstić information content (AvgIpc) is 3.22. The predicted octanol–water partition coefficient (Wildman–Crippen LogP) is 3.63. The summed E-state index contributed by atoms with van der Waals surface area (Å²) < 4.78 is 5.54. The summed E-state index contributed by atoms with van der Waals surface area (Å²) in [6.45, 7) is 3.45. The van der Waals surface area contributed by atoms with Crippen molar-refractivity contribution in [3.05, 3.63) is 24.2 Å². The lowest BCUT2D eigenvalue weighted by Gasteiger charge is -2.37. The molecule has 29 heavy (non-hydrogen) atoms. The van der Waals surface area contributed by atoms with Crippen molar-refractivity contribution in [3.8, 4) is 11.4 Å². The molecule has 3 aliphatic rings. The maximum Gasteiger partial charge on any atom is 0.230 e. The Labute approximate surface area is 171 Å². The zero-order valence-corrected chi connectivity index (χ0v) is 16.9. The molecular formula is C22H29N5O2. The lowest BCUT2D eigenvalue weighted by molar-refractivity contribution is -0.136. The number of aromatic nitrogens is 3. The summed E-state index contributed by atoms with van der Waals surface area (Å²) in [6.07, 6.45) is 10.8. The molecule has 2 aliphatic heterocycles. The van der Waals surface area contributed by atoms with Crippen LogP contribution in [0.15, 0.2) is 22.9 Å². The van der Waals surface area contributed by atoms with Gasteiger partial charge in [0.25, 0.3) is 0 Å². The molecule has 4 heterocycles. The van der Waals surface area contributed by atoms with E-state index in [-0.39, 0.29) is 5.92 Å². The molecule has 2 aromatic heterocycles. The van der Waals surface area contributed by atoms with Crippen molar-refractivity contribution in [2.75, 3.05) is 31.1 Å². The van der Waals surface area contributed by atoms with Crippen LogP contribution in [0.1, 0.15) is 63.2 Å². The Morgan fingerprint density at radius 2 is 1.90 bits per heavy atom. The Bertz CT molecular complexity index is 856. The third kappa shape index (κ3) is 3.74. The van der Waals surface area contributed by atoms with Gasteiger partial charge in [-0.15, -0.1) is 0 Å². The average molecular weight is 396 g/mol. The van der Waals surface area contributed by atoms with E-state index in [1.807, 2.05) is 18.3 Å². The maximum atomic E-state index is 13.0. The van der Waals surface area contributed by atoms with Gasteiger partial charge in [0, 0.05) is 38.3 Å². The number of carbonyl (C=O) groups excluding carboxylic acids is 1. The van der Waals surface area contributed by atoms with Crippen LogP contribution in [0.5, 0.6) is 0 Å². The van der Waals surface area contributed by atoms with Gasteiger partial charge in [-0.3, -0.25) is 4.79 Å². The van der Waals surface area contributed by atoms with E-state index < -0.39 is 0 Å². The van der Waals surface area contributed by atoms with Gasteiger partial charge in [0.1, 0.15) is 5.82 Å². The molecule has 1 amide bonds. The molecule has 0 aromatic carbocycles. The first kappa shape index (κ1) is 18.6. The fourth-order valence-electron chi connectivity index (χ4n) is 4.73. The van der Waals surface area contributed by atoms with E-state index in [0.717, 1.165) is 75.4 Å². The van der Waals surface area contributed by atoms with Crippen LogP contribution in [-0.4, -0.2) is 52.1 Å². The molecule has 5 rings (SSSR count). The quantitative estimate of drug-likeness (QED) is 0.787. The van der Waals surface area contributed by atoms with Crippen molar-refractivity contribution in [3.63, 3.8) is 0 Å². The number of carbonyl (C=O) groups is 1. The van der Waals surface area contributed by atoms with Crippen LogP contribution in [0.2, 0.25) is 0 Å². The second-order valence-corrected chi connectivity index (χ2v) is 8.63. The Kier molecular flexibility index (Phi) is 5.21. The molecular weight excluding hydrogens is 366 g/mol. The fraction of sp³-hybridized carbons (Fsp3) is 0.636. The van der Waals surface area contributed by atoms with Crippen LogP contribution in [0.4, 0.5) is 5.82 Å². The van der Waals surface area contributed by atoms with E-state index in [4.69, 9.17) is 4.52 Å². The normalized spacial score (nSPS) is 23.1. The van der Waals surface area contributed by atoms with Gasteiger partial charge < -0.3 is 14.3 Å². The molecule has 2 aromatic rings. The van der Waals surface area contributed by atoms with Gasteiger partial charge in [0.05, 0.1) is 11.5 Å².